The van der Waals surface area contributed by atoms with E-state index in [2.05, 4.69) is 27.9 Å². The molecule has 44 heavy (non-hydrogen) atoms. The number of amides is 1. The van der Waals surface area contributed by atoms with E-state index in [4.69, 9.17) is 15.6 Å². The number of anilines is 1. The number of pyridine rings is 1. The fraction of sp³-hybridized carbons (Fsp3) is 0.438. The van der Waals surface area contributed by atoms with Crippen LogP contribution < -0.4 is 5.32 Å². The van der Waals surface area contributed by atoms with E-state index in [9.17, 15) is 28.3 Å². The Morgan fingerprint density at radius 3 is 2.48 bits per heavy atom. The van der Waals surface area contributed by atoms with Gasteiger partial charge < -0.3 is 26.0 Å². The topological polar surface area (TPSA) is 155 Å². The monoisotopic (exact) mass is 612 g/mol. The molecule has 0 saturated heterocycles. The van der Waals surface area contributed by atoms with Gasteiger partial charge in [-0.25, -0.2) is 9.98 Å². The molecular formula is C32H39F3N6O3. The fourth-order valence-corrected chi connectivity index (χ4v) is 4.19. The highest BCUT2D eigenvalue weighted by molar-refractivity contribution is 6.46. The summed E-state index contributed by atoms with van der Waals surface area (Å²) in [7, 11) is 1.62. The van der Waals surface area contributed by atoms with Crippen molar-refractivity contribution >= 4 is 40.1 Å². The number of rotatable bonds is 16. The van der Waals surface area contributed by atoms with Crippen molar-refractivity contribution in [3.8, 4) is 11.8 Å². The first-order chi connectivity index (χ1) is 20.6. The number of unbranched alkanes of at least 4 members (excludes halogenated alkanes) is 2. The minimum atomic E-state index is -4.64. The number of ether oxygens (including phenoxy) is 1. The van der Waals surface area contributed by atoms with Crippen LogP contribution in [-0.4, -0.2) is 52.0 Å². The molecule has 1 amide bonds. The smallest absolute Gasteiger partial charge is 0.428 e. The number of alkyl halides is 3. The molecule has 236 valence electrons. The Labute approximate surface area is 255 Å². The number of aliphatic imine (C=N–C) groups is 1. The van der Waals surface area contributed by atoms with Gasteiger partial charge in [0.25, 0.3) is 5.91 Å². The number of allylic oxidation sites excluding steroid dienone is 1. The number of carbonyl (C=O) groups excluding carboxylic acids is 1. The normalized spacial score (nSPS) is 12.0. The van der Waals surface area contributed by atoms with E-state index < -0.39 is 29.8 Å². The Morgan fingerprint density at radius 1 is 1.18 bits per heavy atom. The fourth-order valence-electron chi connectivity index (χ4n) is 4.19. The van der Waals surface area contributed by atoms with Crippen molar-refractivity contribution in [2.75, 3.05) is 12.4 Å². The first kappa shape index (κ1) is 35.8. The quantitative estimate of drug-likeness (QED) is 0.112. The molecule has 2 rings (SSSR count). The minimum Gasteiger partial charge on any atom is -0.504 e. The Bertz CT molecular complexity index is 1460. The number of aryl methyl sites for hydroxylation is 1. The number of hydrogen-bond donors (Lipinski definition) is 4. The molecule has 0 aliphatic heterocycles. The van der Waals surface area contributed by atoms with Crippen LogP contribution in [0.25, 0.3) is 5.57 Å². The summed E-state index contributed by atoms with van der Waals surface area (Å²) in [6, 6.07) is 8.26. The zero-order chi connectivity index (χ0) is 33.1. The number of carbonyl (C=O) groups is 1. The summed E-state index contributed by atoms with van der Waals surface area (Å²) in [4.78, 5) is 21.9. The Morgan fingerprint density at radius 2 is 1.86 bits per heavy atom. The van der Waals surface area contributed by atoms with Gasteiger partial charge >= 0.3 is 6.18 Å². The van der Waals surface area contributed by atoms with Gasteiger partial charge in [0.15, 0.2) is 11.6 Å². The largest absolute Gasteiger partial charge is 0.504 e. The molecule has 0 atom stereocenters. The average molecular weight is 613 g/mol. The Kier molecular flexibility index (Phi) is 13.0. The molecule has 0 aliphatic rings. The summed E-state index contributed by atoms with van der Waals surface area (Å²) < 4.78 is 43.1. The lowest BCUT2D eigenvalue weighted by Gasteiger charge is -2.24. The van der Waals surface area contributed by atoms with Crippen LogP contribution in [-0.2, 0) is 9.53 Å². The number of nitrogens with zero attached hydrogens (tertiary/aromatic N) is 3. The number of methoxy groups -OCH3 is 1. The van der Waals surface area contributed by atoms with E-state index in [1.165, 1.54) is 18.3 Å². The standard InChI is InChI=1S/C32H39F3N6O3/c1-20(13-14-31(3,4)44-5)24-17-22(19-36)16-21(2)28(24)41-30(43)25(40-29-26(42)11-9-15-39-29)18-23(37)10-7-6-8-12-27(38)32(33,34)35/h9,11,15-17,37-38,42H,1,6-8,10,12-14,18H2,2-5H3,(H,41,43). The maximum Gasteiger partial charge on any atom is 0.428 e. The maximum absolute atomic E-state index is 13.7. The predicted octanol–water partition coefficient (Wildman–Crippen LogP) is 7.84. The zero-order valence-electron chi connectivity index (χ0n) is 25.5. The van der Waals surface area contributed by atoms with E-state index in [-0.39, 0.29) is 42.3 Å². The van der Waals surface area contributed by atoms with Crippen LogP contribution in [0.15, 0.2) is 42.0 Å². The van der Waals surface area contributed by atoms with Crippen molar-refractivity contribution < 1.29 is 27.8 Å². The predicted molar refractivity (Wildman–Crippen MR) is 166 cm³/mol. The minimum absolute atomic E-state index is 0.108. The molecule has 0 spiro atoms. The molecule has 1 aromatic heterocycles. The second-order valence-corrected chi connectivity index (χ2v) is 11.1. The molecule has 2 aromatic rings. The number of nitrogens with one attached hydrogen (secondary N) is 3. The molecule has 1 aromatic carbocycles. The van der Waals surface area contributed by atoms with Crippen LogP contribution in [0, 0.1) is 29.1 Å². The third-order valence-corrected chi connectivity index (χ3v) is 7.06. The molecule has 0 aliphatic carbocycles. The Hall–Kier alpha value is -4.37. The Balaban J connectivity index is 2.30. The van der Waals surface area contributed by atoms with Crippen molar-refractivity contribution in [1.29, 1.82) is 16.1 Å². The number of nitriles is 1. The molecule has 12 heteroatoms. The molecular weight excluding hydrogens is 573 g/mol. The van der Waals surface area contributed by atoms with Gasteiger partial charge in [0.05, 0.1) is 22.9 Å². The molecule has 1 heterocycles. The van der Waals surface area contributed by atoms with Gasteiger partial charge in [0.2, 0.25) is 0 Å². The second kappa shape index (κ2) is 15.9. The second-order valence-electron chi connectivity index (χ2n) is 11.1. The SMILES string of the molecule is C=C(CCC(C)(C)OC)c1cc(C#N)cc(C)c1NC(=O)C(CC(=N)CCCCCC(=N)C(F)(F)F)=Nc1ncccc1O. The number of aromatic hydroxyl groups is 1. The molecule has 9 nitrogen and oxygen atoms in total. The van der Waals surface area contributed by atoms with E-state index in [0.29, 0.717) is 53.6 Å². The van der Waals surface area contributed by atoms with Crippen molar-refractivity contribution in [2.45, 2.75) is 83.9 Å². The van der Waals surface area contributed by atoms with Gasteiger partial charge in [-0.15, -0.1) is 0 Å². The van der Waals surface area contributed by atoms with Crippen LogP contribution in [0.3, 0.4) is 0 Å². The van der Waals surface area contributed by atoms with Gasteiger partial charge in [0, 0.05) is 31.0 Å². The van der Waals surface area contributed by atoms with Crippen molar-refractivity contribution in [1.82, 2.24) is 4.98 Å². The lowest BCUT2D eigenvalue weighted by atomic mass is 9.92. The van der Waals surface area contributed by atoms with E-state index in [0.717, 1.165) is 0 Å². The highest BCUT2D eigenvalue weighted by atomic mass is 19.4. The lowest BCUT2D eigenvalue weighted by molar-refractivity contribution is -0.110. The zero-order valence-corrected chi connectivity index (χ0v) is 25.5. The van der Waals surface area contributed by atoms with Crippen molar-refractivity contribution in [3.05, 3.63) is 53.7 Å². The third-order valence-electron chi connectivity index (χ3n) is 7.06. The molecule has 0 saturated carbocycles. The number of hydrogen-bond acceptors (Lipinski definition) is 8. The summed E-state index contributed by atoms with van der Waals surface area (Å²) in [5.41, 5.74) is 0.980. The molecule has 0 unspecified atom stereocenters. The first-order valence-electron chi connectivity index (χ1n) is 14.1. The van der Waals surface area contributed by atoms with E-state index in [1.54, 1.807) is 26.2 Å². The third kappa shape index (κ3) is 11.0. The van der Waals surface area contributed by atoms with Crippen molar-refractivity contribution in [3.63, 3.8) is 0 Å². The van der Waals surface area contributed by atoms with Crippen LogP contribution in [0.2, 0.25) is 0 Å². The van der Waals surface area contributed by atoms with Gasteiger partial charge in [0.1, 0.15) is 11.4 Å². The maximum atomic E-state index is 13.7. The van der Waals surface area contributed by atoms with Crippen LogP contribution in [0.5, 0.6) is 5.75 Å². The first-order valence-corrected chi connectivity index (χ1v) is 14.1. The summed E-state index contributed by atoms with van der Waals surface area (Å²) >= 11 is 0. The summed E-state index contributed by atoms with van der Waals surface area (Å²) in [5, 5.41) is 38.2. The van der Waals surface area contributed by atoms with Gasteiger partial charge in [-0.1, -0.05) is 13.0 Å². The van der Waals surface area contributed by atoms with Crippen molar-refractivity contribution in [2.24, 2.45) is 4.99 Å². The van der Waals surface area contributed by atoms with E-state index >= 15 is 0 Å². The molecule has 4 N–H and O–H groups in total. The average Bonchev–Trinajstić information content (AvgIpc) is 2.96. The number of aromatic nitrogens is 1. The molecule has 0 bridgehead atoms. The van der Waals surface area contributed by atoms with Gasteiger partial charge in [-0.05, 0) is 94.7 Å². The van der Waals surface area contributed by atoms with E-state index in [1.807, 2.05) is 13.8 Å². The molecule has 0 fully saturated rings. The number of halogens is 3. The highest BCUT2D eigenvalue weighted by Crippen LogP contribution is 2.33. The summed E-state index contributed by atoms with van der Waals surface area (Å²) in [6.07, 6.45) is -1.57. The van der Waals surface area contributed by atoms with Crippen LogP contribution >= 0.6 is 0 Å². The van der Waals surface area contributed by atoms with Gasteiger partial charge in [-0.2, -0.15) is 18.4 Å². The number of benzene rings is 1. The summed E-state index contributed by atoms with van der Waals surface area (Å²) in [5.74, 6) is -1.03. The lowest BCUT2D eigenvalue weighted by Crippen LogP contribution is -2.26. The highest BCUT2D eigenvalue weighted by Gasteiger charge is 2.33. The van der Waals surface area contributed by atoms with Crippen LogP contribution in [0.1, 0.15) is 81.9 Å². The molecule has 0 radical (unpaired) electrons. The summed E-state index contributed by atoms with van der Waals surface area (Å²) in [6.45, 7) is 9.82. The van der Waals surface area contributed by atoms with Crippen LogP contribution in [0.4, 0.5) is 24.7 Å². The van der Waals surface area contributed by atoms with Gasteiger partial charge in [-0.3, -0.25) is 4.79 Å².